The van der Waals surface area contributed by atoms with E-state index in [4.69, 9.17) is 9.47 Å². The summed E-state index contributed by atoms with van der Waals surface area (Å²) < 4.78 is 10.4. The first kappa shape index (κ1) is 21.5. The monoisotopic (exact) mass is 452 g/mol. The van der Waals surface area contributed by atoms with Crippen LogP contribution in [-0.2, 0) is 9.47 Å². The summed E-state index contributed by atoms with van der Waals surface area (Å²) in [6.07, 6.45) is -1.06. The van der Waals surface area contributed by atoms with E-state index in [1.807, 2.05) is 72.8 Å². The van der Waals surface area contributed by atoms with E-state index in [0.717, 1.165) is 43.1 Å². The highest BCUT2D eigenvalue weighted by molar-refractivity contribution is 6.27. The SMILES string of the molecule is CCOC(=O)Nc1c2cc3ccccc3cc2c(NC(=O)OCC)c2cc3ccccc3cc12. The van der Waals surface area contributed by atoms with E-state index < -0.39 is 12.2 Å². The van der Waals surface area contributed by atoms with E-state index in [1.54, 1.807) is 13.8 Å². The lowest BCUT2D eigenvalue weighted by molar-refractivity contribution is 0.167. The highest BCUT2D eigenvalue weighted by Gasteiger charge is 2.19. The number of benzene rings is 5. The van der Waals surface area contributed by atoms with Crippen molar-refractivity contribution in [3.63, 3.8) is 0 Å². The average molecular weight is 453 g/mol. The molecule has 0 aliphatic heterocycles. The van der Waals surface area contributed by atoms with Crippen molar-refractivity contribution in [1.82, 2.24) is 0 Å². The Bertz CT molecular complexity index is 1360. The van der Waals surface area contributed by atoms with Crippen molar-refractivity contribution in [2.75, 3.05) is 23.8 Å². The lowest BCUT2D eigenvalue weighted by atomic mass is 9.93. The molecule has 5 rings (SSSR count). The third-order valence-corrected chi connectivity index (χ3v) is 5.85. The molecule has 2 amide bonds. The molecule has 0 radical (unpaired) electrons. The largest absolute Gasteiger partial charge is 0.450 e. The number of rotatable bonds is 4. The molecule has 34 heavy (non-hydrogen) atoms. The van der Waals surface area contributed by atoms with Gasteiger partial charge in [-0.15, -0.1) is 0 Å². The number of hydrogen-bond donors (Lipinski definition) is 2. The fraction of sp³-hybridized carbons (Fsp3) is 0.143. The van der Waals surface area contributed by atoms with Crippen LogP contribution in [0.5, 0.6) is 0 Å². The maximum absolute atomic E-state index is 12.6. The molecule has 6 nitrogen and oxygen atoms in total. The van der Waals surface area contributed by atoms with Gasteiger partial charge in [0, 0.05) is 21.5 Å². The maximum Gasteiger partial charge on any atom is 0.411 e. The second-order valence-electron chi connectivity index (χ2n) is 7.93. The van der Waals surface area contributed by atoms with Crippen molar-refractivity contribution in [2.45, 2.75) is 13.8 Å². The number of carbonyl (C=O) groups is 2. The van der Waals surface area contributed by atoms with Gasteiger partial charge >= 0.3 is 12.2 Å². The molecule has 5 aromatic carbocycles. The van der Waals surface area contributed by atoms with Crippen LogP contribution in [0.3, 0.4) is 0 Å². The van der Waals surface area contributed by atoms with Gasteiger partial charge in [0.1, 0.15) is 0 Å². The Balaban J connectivity index is 1.92. The highest BCUT2D eigenvalue weighted by Crippen LogP contribution is 2.43. The number of fused-ring (bicyclic) bond motifs is 4. The number of hydrogen-bond acceptors (Lipinski definition) is 4. The summed E-state index contributed by atoms with van der Waals surface area (Å²) in [5.41, 5.74) is 1.27. The molecule has 0 saturated heterocycles. The molecule has 6 heteroatoms. The Morgan fingerprint density at radius 3 is 1.15 bits per heavy atom. The van der Waals surface area contributed by atoms with Gasteiger partial charge in [-0.1, -0.05) is 48.5 Å². The molecule has 0 bridgehead atoms. The molecule has 0 aliphatic carbocycles. The summed E-state index contributed by atoms with van der Waals surface area (Å²) in [6.45, 7) is 4.05. The minimum absolute atomic E-state index is 0.260. The summed E-state index contributed by atoms with van der Waals surface area (Å²) >= 11 is 0. The Morgan fingerprint density at radius 2 is 0.882 bits per heavy atom. The van der Waals surface area contributed by atoms with Crippen LogP contribution in [0, 0.1) is 0 Å². The second kappa shape index (κ2) is 8.90. The lowest BCUT2D eigenvalue weighted by Crippen LogP contribution is -2.16. The van der Waals surface area contributed by atoms with Crippen LogP contribution < -0.4 is 10.6 Å². The molecule has 0 heterocycles. The Kier molecular flexibility index (Phi) is 5.64. The molecule has 2 N–H and O–H groups in total. The van der Waals surface area contributed by atoms with Crippen molar-refractivity contribution < 1.29 is 19.1 Å². The fourth-order valence-corrected chi connectivity index (χ4v) is 4.41. The van der Waals surface area contributed by atoms with Gasteiger partial charge in [0.25, 0.3) is 0 Å². The molecule has 0 aromatic heterocycles. The number of anilines is 2. The van der Waals surface area contributed by atoms with E-state index in [1.165, 1.54) is 0 Å². The van der Waals surface area contributed by atoms with Gasteiger partial charge in [-0.05, 0) is 59.7 Å². The zero-order valence-corrected chi connectivity index (χ0v) is 19.0. The van der Waals surface area contributed by atoms with Crippen LogP contribution >= 0.6 is 0 Å². The van der Waals surface area contributed by atoms with E-state index in [0.29, 0.717) is 11.4 Å². The van der Waals surface area contributed by atoms with Crippen molar-refractivity contribution in [1.29, 1.82) is 0 Å². The second-order valence-corrected chi connectivity index (χ2v) is 7.93. The van der Waals surface area contributed by atoms with Gasteiger partial charge in [-0.25, -0.2) is 9.59 Å². The number of nitrogens with one attached hydrogen (secondary N) is 2. The first-order chi connectivity index (χ1) is 16.6. The summed E-state index contributed by atoms with van der Waals surface area (Å²) in [6, 6.07) is 24.1. The van der Waals surface area contributed by atoms with Crippen LogP contribution in [0.2, 0.25) is 0 Å². The van der Waals surface area contributed by atoms with Gasteiger partial charge in [0.2, 0.25) is 0 Å². The molecule has 0 fully saturated rings. The van der Waals surface area contributed by atoms with Crippen LogP contribution in [0.4, 0.5) is 21.0 Å². The van der Waals surface area contributed by atoms with Crippen molar-refractivity contribution in [3.05, 3.63) is 72.8 Å². The van der Waals surface area contributed by atoms with Crippen molar-refractivity contribution >= 4 is 66.7 Å². The lowest BCUT2D eigenvalue weighted by Gasteiger charge is -2.19. The smallest absolute Gasteiger partial charge is 0.411 e. The fourth-order valence-electron chi connectivity index (χ4n) is 4.41. The summed E-state index contributed by atoms with van der Waals surface area (Å²) in [4.78, 5) is 25.1. The molecule has 0 unspecified atom stereocenters. The van der Waals surface area contributed by atoms with Gasteiger partial charge in [0.05, 0.1) is 24.6 Å². The van der Waals surface area contributed by atoms with Gasteiger partial charge in [-0.2, -0.15) is 0 Å². The molecule has 170 valence electrons. The first-order valence-electron chi connectivity index (χ1n) is 11.3. The number of ether oxygens (including phenoxy) is 2. The van der Waals surface area contributed by atoms with Gasteiger partial charge in [0.15, 0.2) is 0 Å². The summed E-state index contributed by atoms with van der Waals surface area (Å²) in [7, 11) is 0. The van der Waals surface area contributed by atoms with E-state index in [9.17, 15) is 9.59 Å². The predicted octanol–water partition coefficient (Wildman–Crippen LogP) is 7.44. The Hall–Kier alpha value is -4.32. The summed E-state index contributed by atoms with van der Waals surface area (Å²) in [5, 5.41) is 13.2. The maximum atomic E-state index is 12.6. The minimum Gasteiger partial charge on any atom is -0.450 e. The summed E-state index contributed by atoms with van der Waals surface area (Å²) in [5.74, 6) is 0. The van der Waals surface area contributed by atoms with E-state index in [2.05, 4.69) is 10.6 Å². The van der Waals surface area contributed by atoms with Crippen LogP contribution in [0.1, 0.15) is 13.8 Å². The molecular formula is C28H24N2O4. The molecule has 0 saturated carbocycles. The van der Waals surface area contributed by atoms with E-state index >= 15 is 0 Å². The third kappa shape index (κ3) is 3.83. The molecular weight excluding hydrogens is 428 g/mol. The average Bonchev–Trinajstić information content (AvgIpc) is 2.84. The molecule has 5 aromatic rings. The third-order valence-electron chi connectivity index (χ3n) is 5.85. The van der Waals surface area contributed by atoms with Gasteiger partial charge < -0.3 is 9.47 Å². The standard InChI is InChI=1S/C28H24N2O4/c1-3-33-27(31)29-25-21-13-17-9-5-7-11-19(17)15-23(21)26(30-28(32)34-4-2)24-16-20-12-8-6-10-18(20)14-22(24)25/h5-16H,3-4H2,1-2H3,(H,29,31)(H,30,32). The molecule has 0 aliphatic rings. The van der Waals surface area contributed by atoms with Crippen LogP contribution in [-0.4, -0.2) is 25.4 Å². The number of carbonyl (C=O) groups excluding carboxylic acids is 2. The normalized spacial score (nSPS) is 11.1. The topological polar surface area (TPSA) is 76.7 Å². The van der Waals surface area contributed by atoms with Crippen LogP contribution in [0.25, 0.3) is 43.1 Å². The van der Waals surface area contributed by atoms with Crippen molar-refractivity contribution in [2.24, 2.45) is 0 Å². The highest BCUT2D eigenvalue weighted by atomic mass is 16.6. The first-order valence-corrected chi connectivity index (χ1v) is 11.3. The predicted molar refractivity (Wildman–Crippen MR) is 138 cm³/mol. The van der Waals surface area contributed by atoms with Gasteiger partial charge in [-0.3, -0.25) is 10.6 Å². The number of amides is 2. The van der Waals surface area contributed by atoms with E-state index in [-0.39, 0.29) is 13.2 Å². The zero-order chi connectivity index (χ0) is 23.7. The van der Waals surface area contributed by atoms with Crippen molar-refractivity contribution in [3.8, 4) is 0 Å². The quantitative estimate of drug-likeness (QED) is 0.219. The zero-order valence-electron chi connectivity index (χ0n) is 19.0. The Labute approximate surface area is 196 Å². The Morgan fingerprint density at radius 1 is 0.588 bits per heavy atom. The molecule has 0 spiro atoms. The molecule has 0 atom stereocenters. The minimum atomic E-state index is -0.530. The van der Waals surface area contributed by atoms with Crippen LogP contribution in [0.15, 0.2) is 72.8 Å².